The zero-order valence-electron chi connectivity index (χ0n) is 19.3. The summed E-state index contributed by atoms with van der Waals surface area (Å²) >= 11 is -0.296. The molecule has 1 aromatic rings. The van der Waals surface area contributed by atoms with Gasteiger partial charge >= 0.3 is 188 Å². The third-order valence-electron chi connectivity index (χ3n) is 4.96. The van der Waals surface area contributed by atoms with Crippen LogP contribution in [0.3, 0.4) is 0 Å². The molecule has 33 heavy (non-hydrogen) atoms. The average Bonchev–Trinajstić information content (AvgIpc) is 2.74. The van der Waals surface area contributed by atoms with Gasteiger partial charge in [0.2, 0.25) is 0 Å². The fourth-order valence-corrected chi connectivity index (χ4v) is 5.37. The van der Waals surface area contributed by atoms with Crippen LogP contribution in [0.15, 0.2) is 23.1 Å². The Morgan fingerprint density at radius 1 is 1.30 bits per heavy atom. The minimum Gasteiger partial charge on any atom is -0.378 e. The second-order valence-corrected chi connectivity index (χ2v) is 13.2. The van der Waals surface area contributed by atoms with Crippen LogP contribution in [0.5, 0.6) is 5.75 Å². The summed E-state index contributed by atoms with van der Waals surface area (Å²) in [6, 6.07) is 3.03. The van der Waals surface area contributed by atoms with Gasteiger partial charge in [-0.25, -0.2) is 0 Å². The molecule has 2 rings (SSSR count). The first kappa shape index (κ1) is 27.6. The monoisotopic (exact) mass is 600 g/mol. The number of quaternary nitrogens is 1. The molecule has 1 saturated heterocycles. The quantitative estimate of drug-likeness (QED) is 0.149. The van der Waals surface area contributed by atoms with E-state index in [-0.39, 0.29) is 44.5 Å². The maximum atomic E-state index is 13.1. The van der Waals surface area contributed by atoms with E-state index in [0.29, 0.717) is 47.9 Å². The first-order chi connectivity index (χ1) is 15.5. The number of carboxylic acids is 1. The second kappa shape index (κ2) is 12.1. The van der Waals surface area contributed by atoms with Crippen LogP contribution in [0.25, 0.3) is 0 Å². The Bertz CT molecular complexity index is 936. The number of aliphatic carboxylic acids is 1. The number of anilines is 1. The van der Waals surface area contributed by atoms with Crippen molar-refractivity contribution in [2.24, 2.45) is 0 Å². The fraction of sp³-hybridized carbons (Fsp3) is 0.600. The minimum absolute atomic E-state index is 0.0879. The van der Waals surface area contributed by atoms with Crippen LogP contribution in [0.4, 0.5) is 10.5 Å². The number of nitrogens with zero attached hydrogens (tertiary/aromatic N) is 2. The zero-order chi connectivity index (χ0) is 24.6. The van der Waals surface area contributed by atoms with Crippen LogP contribution < -0.4 is 36.3 Å². The number of benzene rings is 1. The van der Waals surface area contributed by atoms with Gasteiger partial charge in [0.15, 0.2) is 0 Å². The molecule has 0 aromatic heterocycles. The predicted molar refractivity (Wildman–Crippen MR) is 118 cm³/mol. The number of likely N-dealkylation sites (N-methyl/N-ethyl adjacent to an activating group) is 1. The van der Waals surface area contributed by atoms with Crippen molar-refractivity contribution in [2.75, 3.05) is 63.8 Å². The number of amides is 2. The van der Waals surface area contributed by atoms with Crippen LogP contribution >= 0.6 is 0 Å². The molecule has 188 valence electrons. The van der Waals surface area contributed by atoms with Gasteiger partial charge in [-0.3, -0.25) is 0 Å². The molecule has 1 fully saturated rings. The van der Waals surface area contributed by atoms with Crippen LogP contribution in [-0.4, -0.2) is 97.6 Å². The van der Waals surface area contributed by atoms with Gasteiger partial charge in [0, 0.05) is 0 Å². The van der Waals surface area contributed by atoms with Gasteiger partial charge in [-0.05, 0) is 0 Å². The standard InChI is InChI=1S/C20H33IN4O7S/c1-5-32-18-7-6-16(13-17(18)22-20(28)24-8-10-31-11-9-24)33(29,30)23-15(12-19(26)27)14-25(3,4)21-2/h6-7,13,15,23H,5,8-12,14H2,1-4H3,(H,22,28)(H,26,27)/t15-/m1/s1. The minimum atomic E-state index is -4.05. The molecule has 11 nitrogen and oxygen atoms in total. The Morgan fingerprint density at radius 2 is 1.97 bits per heavy atom. The molecular weight excluding hydrogens is 567 g/mol. The number of urea groups is 1. The number of carbonyl (C=O) groups excluding carboxylic acids is 1. The van der Waals surface area contributed by atoms with Gasteiger partial charge < -0.3 is 4.74 Å². The van der Waals surface area contributed by atoms with E-state index < -0.39 is 22.0 Å². The molecule has 0 aliphatic carbocycles. The molecule has 2 amide bonds. The van der Waals surface area contributed by atoms with E-state index >= 15 is 0 Å². The van der Waals surface area contributed by atoms with Gasteiger partial charge in [0.1, 0.15) is 0 Å². The van der Waals surface area contributed by atoms with E-state index in [1.54, 1.807) is 11.8 Å². The molecule has 1 aliphatic rings. The molecule has 1 aromatic carbocycles. The molecule has 0 spiro atoms. The van der Waals surface area contributed by atoms with E-state index in [1.165, 1.54) is 18.2 Å². The predicted octanol–water partition coefficient (Wildman–Crippen LogP) is -2.22. The molecule has 3 N–H and O–H groups in total. The first-order valence-electron chi connectivity index (χ1n) is 10.5. The summed E-state index contributed by atoms with van der Waals surface area (Å²) in [4.78, 5) is 27.5. The number of sulfonamides is 1. The Labute approximate surface area is 205 Å². The van der Waals surface area contributed by atoms with E-state index in [4.69, 9.17) is 9.47 Å². The summed E-state index contributed by atoms with van der Waals surface area (Å²) in [5.74, 6) is -0.740. The second-order valence-electron chi connectivity index (χ2n) is 7.93. The van der Waals surface area contributed by atoms with Crippen molar-refractivity contribution in [3.8, 4) is 5.75 Å². The smallest absolute Gasteiger partial charge is 0.378 e. The van der Waals surface area contributed by atoms with Gasteiger partial charge in [0.05, 0.1) is 13.2 Å². The van der Waals surface area contributed by atoms with Crippen LogP contribution in [0.1, 0.15) is 13.3 Å². The molecule has 1 heterocycles. The normalized spacial score (nSPS) is 15.8. The van der Waals surface area contributed by atoms with Crippen molar-refractivity contribution in [3.63, 3.8) is 0 Å². The summed E-state index contributed by atoms with van der Waals surface area (Å²) in [6.07, 6.45) is -0.331. The van der Waals surface area contributed by atoms with Gasteiger partial charge in [-0.2, -0.15) is 0 Å². The SMILES string of the molecule is CCOc1ccc(S(=O)(=O)N[C@H](CC(=O)O)C[N+](C)(C)[I-]C)cc1NC(=O)N1CCOCC1. The average molecular weight is 600 g/mol. The van der Waals surface area contributed by atoms with E-state index in [9.17, 15) is 23.1 Å². The van der Waals surface area contributed by atoms with E-state index in [0.717, 1.165) is 0 Å². The van der Waals surface area contributed by atoms with Crippen molar-refractivity contribution in [2.45, 2.75) is 24.3 Å². The Kier molecular flexibility index (Phi) is 10.1. The number of alkyl halides is 1. The van der Waals surface area contributed by atoms with Gasteiger partial charge in [0.25, 0.3) is 0 Å². The van der Waals surface area contributed by atoms with Gasteiger partial charge in [-0.1, -0.05) is 0 Å². The van der Waals surface area contributed by atoms with E-state index in [2.05, 4.69) is 15.0 Å². The Morgan fingerprint density at radius 3 is 2.55 bits per heavy atom. The fourth-order valence-electron chi connectivity index (χ4n) is 3.25. The van der Waals surface area contributed by atoms with Crippen LogP contribution in [-0.2, 0) is 19.6 Å². The van der Waals surface area contributed by atoms with Crippen molar-refractivity contribution in [1.82, 2.24) is 9.62 Å². The number of ether oxygens (including phenoxy) is 2. The number of halogens is 1. The maximum absolute atomic E-state index is 13.1. The Hall–Kier alpha value is -1.68. The van der Waals surface area contributed by atoms with Crippen molar-refractivity contribution in [1.29, 1.82) is 0 Å². The number of carboxylic acid groups (broad SMARTS) is 1. The van der Waals surface area contributed by atoms with Crippen molar-refractivity contribution in [3.05, 3.63) is 18.2 Å². The van der Waals surface area contributed by atoms with E-state index in [1.807, 2.05) is 14.1 Å². The molecular formula is C20H33IN4O7S. The molecule has 0 bridgehead atoms. The van der Waals surface area contributed by atoms with Crippen LogP contribution in [0, 0.1) is 0 Å². The number of morpholine rings is 1. The number of carbonyl (C=O) groups is 2. The Balaban J connectivity index is 2.29. The molecule has 0 radical (unpaired) electrons. The summed E-state index contributed by atoms with van der Waals surface area (Å²) in [6.45, 7) is 4.20. The third kappa shape index (κ3) is 8.55. The van der Waals surface area contributed by atoms with Gasteiger partial charge in [-0.15, -0.1) is 0 Å². The van der Waals surface area contributed by atoms with Crippen LogP contribution in [0.2, 0.25) is 0 Å². The summed E-state index contributed by atoms with van der Waals surface area (Å²) in [5.41, 5.74) is 0.224. The molecule has 13 heteroatoms. The number of hydrogen-bond acceptors (Lipinski definition) is 6. The number of hydrogen-bond donors (Lipinski definition) is 3. The summed E-state index contributed by atoms with van der Waals surface area (Å²) < 4.78 is 40.2. The molecule has 0 unspecified atom stereocenters. The number of rotatable bonds is 11. The first-order valence-corrected chi connectivity index (χ1v) is 15.1. The van der Waals surface area contributed by atoms with Crippen molar-refractivity contribution >= 4 is 27.7 Å². The zero-order valence-corrected chi connectivity index (χ0v) is 22.3. The molecule has 1 aliphatic heterocycles. The topological polar surface area (TPSA) is 134 Å². The van der Waals surface area contributed by atoms with Crippen molar-refractivity contribution < 1.29 is 56.8 Å². The summed E-state index contributed by atoms with van der Waals surface area (Å²) in [5, 5.41) is 12.0. The number of nitrogens with one attached hydrogen (secondary N) is 2. The summed E-state index contributed by atoms with van der Waals surface area (Å²) in [7, 11) is -0.150. The molecule has 1 atom stereocenters. The molecule has 0 saturated carbocycles. The third-order valence-corrected chi connectivity index (χ3v) is 9.48.